The van der Waals surface area contributed by atoms with Gasteiger partial charge in [-0.3, -0.25) is 9.59 Å². The summed E-state index contributed by atoms with van der Waals surface area (Å²) in [6.45, 7) is 1.87. The van der Waals surface area contributed by atoms with Crippen molar-refractivity contribution in [3.63, 3.8) is 0 Å². The molecule has 2 amide bonds. The first-order chi connectivity index (χ1) is 8.68. The molecule has 3 fully saturated rings. The SMILES string of the molecule is CC1C(=O)NC(C2CC2)C(=O)N1C1CCCCC1. The second-order valence-corrected chi connectivity index (χ2v) is 6.04. The molecule has 2 saturated carbocycles. The van der Waals surface area contributed by atoms with Crippen LogP contribution in [0.5, 0.6) is 0 Å². The highest BCUT2D eigenvalue weighted by atomic mass is 16.2. The van der Waals surface area contributed by atoms with Crippen LogP contribution >= 0.6 is 0 Å². The standard InChI is InChI=1S/C14H22N2O2/c1-9-13(17)15-12(10-7-8-10)14(18)16(9)11-5-3-2-4-6-11/h9-12H,2-8H2,1H3,(H,15,17). The molecule has 0 aromatic carbocycles. The van der Waals surface area contributed by atoms with E-state index in [0.717, 1.165) is 25.7 Å². The van der Waals surface area contributed by atoms with Gasteiger partial charge in [-0.15, -0.1) is 0 Å². The van der Waals surface area contributed by atoms with Crippen molar-refractivity contribution in [1.29, 1.82) is 0 Å². The van der Waals surface area contributed by atoms with Crippen LogP contribution in [0.15, 0.2) is 0 Å². The fourth-order valence-corrected chi connectivity index (χ4v) is 3.42. The van der Waals surface area contributed by atoms with Gasteiger partial charge in [0.25, 0.3) is 0 Å². The fraction of sp³-hybridized carbons (Fsp3) is 0.857. The van der Waals surface area contributed by atoms with Gasteiger partial charge in [0.05, 0.1) is 0 Å². The molecule has 0 aromatic heterocycles. The zero-order valence-corrected chi connectivity index (χ0v) is 11.0. The Labute approximate surface area is 108 Å². The van der Waals surface area contributed by atoms with E-state index in [9.17, 15) is 9.59 Å². The van der Waals surface area contributed by atoms with Crippen LogP contribution in [0.2, 0.25) is 0 Å². The van der Waals surface area contributed by atoms with Crippen LogP contribution in [-0.4, -0.2) is 34.8 Å². The summed E-state index contributed by atoms with van der Waals surface area (Å²) in [6, 6.07) is -0.209. The number of amides is 2. The van der Waals surface area contributed by atoms with Crippen molar-refractivity contribution >= 4 is 11.8 Å². The summed E-state index contributed by atoms with van der Waals surface area (Å²) < 4.78 is 0. The first-order valence-electron chi connectivity index (χ1n) is 7.31. The normalized spacial score (nSPS) is 34.6. The van der Waals surface area contributed by atoms with E-state index in [1.807, 2.05) is 11.8 Å². The van der Waals surface area contributed by atoms with Crippen LogP contribution in [0.4, 0.5) is 0 Å². The minimum Gasteiger partial charge on any atom is -0.342 e. The number of rotatable bonds is 2. The summed E-state index contributed by atoms with van der Waals surface area (Å²) in [5, 5.41) is 2.92. The monoisotopic (exact) mass is 250 g/mol. The third kappa shape index (κ3) is 2.02. The first kappa shape index (κ1) is 12.0. The third-order valence-corrected chi connectivity index (χ3v) is 4.68. The van der Waals surface area contributed by atoms with Crippen molar-refractivity contribution in [3.05, 3.63) is 0 Å². The van der Waals surface area contributed by atoms with Crippen molar-refractivity contribution in [2.45, 2.75) is 70.0 Å². The molecule has 1 N–H and O–H groups in total. The molecule has 2 unspecified atom stereocenters. The Bertz CT molecular complexity index is 359. The topological polar surface area (TPSA) is 49.4 Å². The smallest absolute Gasteiger partial charge is 0.246 e. The van der Waals surface area contributed by atoms with Crippen LogP contribution < -0.4 is 5.32 Å². The van der Waals surface area contributed by atoms with E-state index < -0.39 is 0 Å². The summed E-state index contributed by atoms with van der Waals surface area (Å²) in [7, 11) is 0. The van der Waals surface area contributed by atoms with Gasteiger partial charge in [-0.1, -0.05) is 19.3 Å². The van der Waals surface area contributed by atoms with Crippen molar-refractivity contribution in [1.82, 2.24) is 10.2 Å². The highest BCUT2D eigenvalue weighted by Gasteiger charge is 2.47. The van der Waals surface area contributed by atoms with Gasteiger partial charge < -0.3 is 10.2 Å². The van der Waals surface area contributed by atoms with Gasteiger partial charge >= 0.3 is 0 Å². The lowest BCUT2D eigenvalue weighted by molar-refractivity contribution is -0.152. The highest BCUT2D eigenvalue weighted by molar-refractivity contribution is 5.97. The molecule has 2 atom stereocenters. The average Bonchev–Trinajstić information content (AvgIpc) is 3.20. The molecule has 2 aliphatic carbocycles. The lowest BCUT2D eigenvalue weighted by Crippen LogP contribution is -2.65. The molecule has 0 bridgehead atoms. The second-order valence-electron chi connectivity index (χ2n) is 6.04. The third-order valence-electron chi connectivity index (χ3n) is 4.68. The Morgan fingerprint density at radius 2 is 1.72 bits per heavy atom. The van der Waals surface area contributed by atoms with E-state index in [0.29, 0.717) is 12.0 Å². The molecule has 0 spiro atoms. The Morgan fingerprint density at radius 1 is 1.06 bits per heavy atom. The summed E-state index contributed by atoms with van der Waals surface area (Å²) in [5.74, 6) is 0.619. The van der Waals surface area contributed by atoms with E-state index in [4.69, 9.17) is 0 Å². The summed E-state index contributed by atoms with van der Waals surface area (Å²) >= 11 is 0. The van der Waals surface area contributed by atoms with E-state index in [1.54, 1.807) is 0 Å². The Hall–Kier alpha value is -1.06. The quantitative estimate of drug-likeness (QED) is 0.806. The number of nitrogens with one attached hydrogen (secondary N) is 1. The lowest BCUT2D eigenvalue weighted by atomic mass is 9.91. The number of piperazine rings is 1. The second kappa shape index (κ2) is 4.56. The van der Waals surface area contributed by atoms with Gasteiger partial charge in [-0.2, -0.15) is 0 Å². The Balaban J connectivity index is 1.79. The van der Waals surface area contributed by atoms with Crippen molar-refractivity contribution in [2.24, 2.45) is 5.92 Å². The number of carbonyl (C=O) groups excluding carboxylic acids is 2. The molecule has 3 aliphatic rings. The van der Waals surface area contributed by atoms with E-state index in [1.165, 1.54) is 19.3 Å². The molecule has 0 aromatic rings. The van der Waals surface area contributed by atoms with Crippen LogP contribution in [-0.2, 0) is 9.59 Å². The van der Waals surface area contributed by atoms with Crippen LogP contribution in [0.1, 0.15) is 51.9 Å². The van der Waals surface area contributed by atoms with Gasteiger partial charge in [0.1, 0.15) is 12.1 Å². The number of hydrogen-bond acceptors (Lipinski definition) is 2. The van der Waals surface area contributed by atoms with Crippen LogP contribution in [0.25, 0.3) is 0 Å². The minimum atomic E-state index is -0.282. The molecule has 4 nitrogen and oxygen atoms in total. The largest absolute Gasteiger partial charge is 0.342 e. The fourth-order valence-electron chi connectivity index (χ4n) is 3.42. The maximum atomic E-state index is 12.6. The van der Waals surface area contributed by atoms with E-state index in [-0.39, 0.29) is 23.9 Å². The van der Waals surface area contributed by atoms with Gasteiger partial charge in [0.2, 0.25) is 11.8 Å². The zero-order valence-electron chi connectivity index (χ0n) is 11.0. The molecule has 100 valence electrons. The molecule has 1 heterocycles. The van der Waals surface area contributed by atoms with E-state index in [2.05, 4.69) is 5.32 Å². The highest BCUT2D eigenvalue weighted by Crippen LogP contribution is 2.36. The predicted octanol–water partition coefficient (Wildman–Crippen LogP) is 1.44. The molecular formula is C14H22N2O2. The summed E-state index contributed by atoms with van der Waals surface area (Å²) in [5.41, 5.74) is 0. The molecular weight excluding hydrogens is 228 g/mol. The van der Waals surface area contributed by atoms with Gasteiger partial charge in [-0.25, -0.2) is 0 Å². The molecule has 1 aliphatic heterocycles. The molecule has 1 saturated heterocycles. The minimum absolute atomic E-state index is 0.0390. The maximum Gasteiger partial charge on any atom is 0.246 e. The first-order valence-corrected chi connectivity index (χ1v) is 7.31. The number of carbonyl (C=O) groups is 2. The van der Waals surface area contributed by atoms with Crippen LogP contribution in [0.3, 0.4) is 0 Å². The molecule has 0 radical (unpaired) electrons. The summed E-state index contributed by atoms with van der Waals surface area (Å²) in [4.78, 5) is 26.5. The molecule has 4 heteroatoms. The summed E-state index contributed by atoms with van der Waals surface area (Å²) in [6.07, 6.45) is 7.97. The van der Waals surface area contributed by atoms with Crippen molar-refractivity contribution in [3.8, 4) is 0 Å². The van der Waals surface area contributed by atoms with Gasteiger partial charge in [0.15, 0.2) is 0 Å². The van der Waals surface area contributed by atoms with Gasteiger partial charge in [0, 0.05) is 6.04 Å². The number of hydrogen-bond donors (Lipinski definition) is 1. The zero-order chi connectivity index (χ0) is 12.7. The van der Waals surface area contributed by atoms with E-state index >= 15 is 0 Å². The van der Waals surface area contributed by atoms with Crippen molar-refractivity contribution < 1.29 is 9.59 Å². The van der Waals surface area contributed by atoms with Crippen molar-refractivity contribution in [2.75, 3.05) is 0 Å². The average molecular weight is 250 g/mol. The lowest BCUT2D eigenvalue weighted by Gasteiger charge is -2.43. The van der Waals surface area contributed by atoms with Crippen LogP contribution in [0, 0.1) is 5.92 Å². The molecule has 18 heavy (non-hydrogen) atoms. The Morgan fingerprint density at radius 3 is 2.33 bits per heavy atom. The van der Waals surface area contributed by atoms with Gasteiger partial charge in [-0.05, 0) is 38.5 Å². The Kier molecular flexibility index (Phi) is 3.04. The molecule has 3 rings (SSSR count). The number of nitrogens with zero attached hydrogens (tertiary/aromatic N) is 1. The predicted molar refractivity (Wildman–Crippen MR) is 67.8 cm³/mol. The maximum absolute atomic E-state index is 12.6.